The van der Waals surface area contributed by atoms with E-state index in [1.807, 2.05) is 0 Å². The van der Waals surface area contributed by atoms with Crippen molar-refractivity contribution in [2.75, 3.05) is 0 Å². The number of rotatable bonds is 5. The molecule has 2 atom stereocenters. The van der Waals surface area contributed by atoms with Gasteiger partial charge in [0.25, 0.3) is 0 Å². The van der Waals surface area contributed by atoms with Crippen LogP contribution < -0.4 is 0 Å². The van der Waals surface area contributed by atoms with Crippen LogP contribution in [0, 0.1) is 0 Å². The summed E-state index contributed by atoms with van der Waals surface area (Å²) in [5, 5.41) is 0. The Morgan fingerprint density at radius 3 is 1.73 bits per heavy atom. The summed E-state index contributed by atoms with van der Waals surface area (Å²) in [4.78, 5) is 0. The summed E-state index contributed by atoms with van der Waals surface area (Å²) in [5.41, 5.74) is 0. The lowest BCUT2D eigenvalue weighted by atomic mass is 11.0. The summed E-state index contributed by atoms with van der Waals surface area (Å²) in [7, 11) is 1.06. The third kappa shape index (κ3) is 3.84. The van der Waals surface area contributed by atoms with E-state index in [2.05, 4.69) is 30.8 Å². The fraction of sp³-hybridized carbons (Fsp3) is 1.00. The number of nitrogens with zero attached hydrogens (tertiary/aromatic N) is 1. The van der Waals surface area contributed by atoms with Gasteiger partial charge in [0, 0.05) is 9.76 Å². The zero-order valence-corrected chi connectivity index (χ0v) is 14.4. The fourth-order valence-electron chi connectivity index (χ4n) is 1.53. The highest BCUT2D eigenvalue weighted by molar-refractivity contribution is 6.98. The van der Waals surface area contributed by atoms with Crippen molar-refractivity contribution in [1.82, 2.24) is 3.90 Å². The van der Waals surface area contributed by atoms with E-state index < -0.39 is 0 Å². The molecule has 0 saturated heterocycles. The molecule has 0 spiro atoms. The van der Waals surface area contributed by atoms with Gasteiger partial charge in [0.2, 0.25) is 0 Å². The largest absolute Gasteiger partial charge is 0.380 e. The van der Waals surface area contributed by atoms with Crippen LogP contribution in [0.5, 0.6) is 0 Å². The van der Waals surface area contributed by atoms with Crippen LogP contribution in [0.4, 0.5) is 0 Å². The quantitative estimate of drug-likeness (QED) is 0.561. The molecular weight excluding hydrogens is 198 g/mol. The van der Waals surface area contributed by atoms with Crippen LogP contribution >= 0.6 is 0 Å². The lowest BCUT2D eigenvalue weighted by molar-refractivity contribution is 0.996. The highest BCUT2D eigenvalue weighted by Crippen LogP contribution is 2.04. The molecule has 0 bridgehead atoms. The van der Waals surface area contributed by atoms with Gasteiger partial charge in [-0.2, -0.15) is 0 Å². The van der Waals surface area contributed by atoms with E-state index >= 15 is 0 Å². The molecule has 0 rings (SSSR count). The van der Waals surface area contributed by atoms with Gasteiger partial charge in [-0.05, 0) is 0 Å². The number of hydrogen-bond acceptors (Lipinski definition) is 1. The SMILES string of the molecule is CC[SiH](C)N([SiH2][SiH3])[SiH](C)CC. The fourth-order valence-corrected chi connectivity index (χ4v) is 25.0. The summed E-state index contributed by atoms with van der Waals surface area (Å²) in [6.07, 6.45) is 0. The smallest absolute Gasteiger partial charge is 0.0938 e. The highest BCUT2D eigenvalue weighted by Gasteiger charge is 2.16. The first-order valence-corrected chi connectivity index (χ1v) is 16.2. The van der Waals surface area contributed by atoms with Crippen molar-refractivity contribution in [2.24, 2.45) is 0 Å². The normalized spacial score (nSPS) is 18.3. The zero-order chi connectivity index (χ0) is 8.85. The molecule has 1 nitrogen and oxygen atoms in total. The molecule has 0 saturated carbocycles. The van der Waals surface area contributed by atoms with Crippen LogP contribution in [0.1, 0.15) is 13.8 Å². The molecule has 0 amide bonds. The van der Waals surface area contributed by atoms with Gasteiger partial charge in [-0.15, -0.1) is 0 Å². The van der Waals surface area contributed by atoms with Crippen LogP contribution in [-0.4, -0.2) is 40.8 Å². The van der Waals surface area contributed by atoms with Gasteiger partial charge in [0.1, 0.15) is 0 Å². The molecule has 68 valence electrons. The molecule has 0 aliphatic rings. The Morgan fingerprint density at radius 1 is 1.18 bits per heavy atom. The molecule has 5 heteroatoms. The minimum Gasteiger partial charge on any atom is -0.380 e. The molecule has 0 aromatic rings. The first-order chi connectivity index (χ1) is 5.17. The van der Waals surface area contributed by atoms with Crippen LogP contribution in [0.3, 0.4) is 0 Å². The maximum atomic E-state index is 3.05. The maximum Gasteiger partial charge on any atom is 0.0938 e. The molecule has 0 aliphatic heterocycles. The van der Waals surface area contributed by atoms with Crippen LogP contribution in [-0.2, 0) is 0 Å². The molecule has 0 heterocycles. The summed E-state index contributed by atoms with van der Waals surface area (Å²) < 4.78 is 3.05. The van der Waals surface area contributed by atoms with Crippen LogP contribution in [0.15, 0.2) is 0 Å². The summed E-state index contributed by atoms with van der Waals surface area (Å²) in [6, 6.07) is 2.99. The Morgan fingerprint density at radius 2 is 1.55 bits per heavy atom. The second-order valence-corrected chi connectivity index (χ2v) is 15.0. The standard InChI is InChI=1S/C6H23NSi4/c1-5-10(3)7(9-8)11(4)6-2/h10-11H,5-6,9H2,1-4,8H3. The van der Waals surface area contributed by atoms with Gasteiger partial charge < -0.3 is 3.90 Å². The van der Waals surface area contributed by atoms with E-state index in [1.54, 1.807) is 0 Å². The second kappa shape index (κ2) is 6.36. The first-order valence-electron chi connectivity index (χ1n) is 4.93. The number of hydrogen-bond donors (Lipinski definition) is 0. The molecule has 0 aliphatic carbocycles. The highest BCUT2D eigenvalue weighted by atomic mass is 29.1. The van der Waals surface area contributed by atoms with Gasteiger partial charge >= 0.3 is 0 Å². The molecule has 2 unspecified atom stereocenters. The molecule has 0 N–H and O–H groups in total. The Labute approximate surface area is 80.1 Å². The van der Waals surface area contributed by atoms with Gasteiger partial charge in [-0.1, -0.05) is 39.0 Å². The van der Waals surface area contributed by atoms with E-state index in [0.717, 1.165) is 0 Å². The predicted octanol–water partition coefficient (Wildman–Crippen LogP) is -0.600. The van der Waals surface area contributed by atoms with Crippen molar-refractivity contribution in [3.05, 3.63) is 0 Å². The van der Waals surface area contributed by atoms with Gasteiger partial charge in [-0.3, -0.25) is 0 Å². The van der Waals surface area contributed by atoms with Crippen molar-refractivity contribution in [2.45, 2.75) is 39.0 Å². The molecule has 0 radical (unpaired) electrons. The molecule has 0 fully saturated rings. The van der Waals surface area contributed by atoms with Crippen molar-refractivity contribution in [3.8, 4) is 0 Å². The minimum absolute atomic E-state index is 0.307. The zero-order valence-electron chi connectivity index (χ0n) is 8.72. The lowest BCUT2D eigenvalue weighted by Gasteiger charge is -2.31. The third-order valence-corrected chi connectivity index (χ3v) is 23.6. The average molecular weight is 222 g/mol. The Kier molecular flexibility index (Phi) is 6.83. The van der Waals surface area contributed by atoms with Crippen LogP contribution in [0.25, 0.3) is 0 Å². The van der Waals surface area contributed by atoms with E-state index in [4.69, 9.17) is 0 Å². The monoisotopic (exact) mass is 221 g/mol. The van der Waals surface area contributed by atoms with E-state index in [9.17, 15) is 0 Å². The first kappa shape index (κ1) is 11.8. The topological polar surface area (TPSA) is 3.24 Å². The Balaban J connectivity index is 3.92. The molecular formula is C6H23NSi4. The van der Waals surface area contributed by atoms with Crippen molar-refractivity contribution in [1.29, 1.82) is 0 Å². The van der Waals surface area contributed by atoms with E-state index in [-0.39, 0.29) is 17.9 Å². The van der Waals surface area contributed by atoms with E-state index in [1.165, 1.54) is 21.8 Å². The minimum atomic E-state index is -0.380. The van der Waals surface area contributed by atoms with Gasteiger partial charge in [0.15, 0.2) is 0 Å². The Bertz CT molecular complexity index is 90.6. The van der Waals surface area contributed by atoms with Crippen molar-refractivity contribution < 1.29 is 0 Å². The van der Waals surface area contributed by atoms with Gasteiger partial charge in [0.05, 0.1) is 27.1 Å². The molecule has 11 heavy (non-hydrogen) atoms. The Hall–Kier alpha value is 0.828. The second-order valence-electron chi connectivity index (χ2n) is 3.34. The van der Waals surface area contributed by atoms with Gasteiger partial charge in [-0.25, -0.2) is 0 Å². The van der Waals surface area contributed by atoms with Crippen molar-refractivity contribution >= 4 is 36.9 Å². The predicted molar refractivity (Wildman–Crippen MR) is 67.3 cm³/mol. The maximum absolute atomic E-state index is 3.05. The lowest BCUT2D eigenvalue weighted by Crippen LogP contribution is -2.48. The summed E-state index contributed by atoms with van der Waals surface area (Å²) in [5.74, 6) is 0. The van der Waals surface area contributed by atoms with Crippen molar-refractivity contribution in [3.63, 3.8) is 0 Å². The molecule has 0 aromatic carbocycles. The van der Waals surface area contributed by atoms with E-state index in [0.29, 0.717) is 9.20 Å². The molecule has 0 aromatic heterocycles. The van der Waals surface area contributed by atoms with Crippen LogP contribution in [0.2, 0.25) is 25.2 Å². The summed E-state index contributed by atoms with van der Waals surface area (Å²) in [6.45, 7) is 9.85. The average Bonchev–Trinajstić information content (AvgIpc) is 2.05. The summed E-state index contributed by atoms with van der Waals surface area (Å²) >= 11 is 0. The third-order valence-electron chi connectivity index (χ3n) is 2.68.